The number of aromatic nitrogens is 1. The van der Waals surface area contributed by atoms with Gasteiger partial charge in [0.05, 0.1) is 5.69 Å². The van der Waals surface area contributed by atoms with Gasteiger partial charge in [-0.3, -0.25) is 14.5 Å². The second-order valence-corrected chi connectivity index (χ2v) is 10.8. The molecule has 1 aromatic rings. The molecule has 2 fully saturated rings. The quantitative estimate of drug-likeness (QED) is 0.583. The first-order valence-electron chi connectivity index (χ1n) is 12.8. The van der Waals surface area contributed by atoms with Crippen LogP contribution in [0, 0.1) is 11.8 Å². The number of hydrogen-bond donors (Lipinski definition) is 1. The van der Waals surface area contributed by atoms with E-state index in [9.17, 15) is 14.4 Å². The van der Waals surface area contributed by atoms with Gasteiger partial charge in [0, 0.05) is 31.7 Å². The Morgan fingerprint density at radius 1 is 1.21 bits per heavy atom. The van der Waals surface area contributed by atoms with Crippen molar-refractivity contribution in [2.45, 2.75) is 70.8 Å². The Morgan fingerprint density at radius 3 is 2.59 bits per heavy atom. The fourth-order valence-electron chi connectivity index (χ4n) is 5.59. The number of imide groups is 1. The SMILES string of the molecule is CC(C)CCC1(C2CCN(C(=O)c3onc4c3CCCC4)CC2)NC(=O)N(CCN(C)C)C1=O. The van der Waals surface area contributed by atoms with Gasteiger partial charge in [-0.25, -0.2) is 4.79 Å². The van der Waals surface area contributed by atoms with Crippen molar-refractivity contribution in [1.29, 1.82) is 0 Å². The summed E-state index contributed by atoms with van der Waals surface area (Å²) in [5.41, 5.74) is 1.02. The van der Waals surface area contributed by atoms with E-state index in [1.807, 2.05) is 23.9 Å². The first kappa shape index (κ1) is 24.7. The number of aryl methyl sites for hydroxylation is 1. The molecule has 3 heterocycles. The van der Waals surface area contributed by atoms with Crippen LogP contribution in [0.3, 0.4) is 0 Å². The van der Waals surface area contributed by atoms with E-state index < -0.39 is 5.54 Å². The number of nitrogens with one attached hydrogen (secondary N) is 1. The summed E-state index contributed by atoms with van der Waals surface area (Å²) in [7, 11) is 3.87. The monoisotopic (exact) mass is 473 g/mol. The predicted molar refractivity (Wildman–Crippen MR) is 127 cm³/mol. The third kappa shape index (κ3) is 4.72. The number of fused-ring (bicyclic) bond motifs is 1. The topological polar surface area (TPSA) is 99.0 Å². The van der Waals surface area contributed by atoms with Crippen LogP contribution < -0.4 is 5.32 Å². The lowest BCUT2D eigenvalue weighted by atomic mass is 9.73. The Balaban J connectivity index is 1.47. The minimum Gasteiger partial charge on any atom is -0.350 e. The first-order chi connectivity index (χ1) is 16.2. The van der Waals surface area contributed by atoms with Crippen LogP contribution >= 0.6 is 0 Å². The second-order valence-electron chi connectivity index (χ2n) is 10.8. The van der Waals surface area contributed by atoms with Gasteiger partial charge in [-0.15, -0.1) is 0 Å². The summed E-state index contributed by atoms with van der Waals surface area (Å²) in [4.78, 5) is 44.9. The van der Waals surface area contributed by atoms with Gasteiger partial charge in [0.1, 0.15) is 5.54 Å². The van der Waals surface area contributed by atoms with Crippen LogP contribution in [-0.2, 0) is 17.6 Å². The Kier molecular flexibility index (Phi) is 7.31. The number of rotatable bonds is 8. The van der Waals surface area contributed by atoms with E-state index in [2.05, 4.69) is 24.3 Å². The molecule has 1 atom stereocenters. The maximum absolute atomic E-state index is 13.6. The summed E-state index contributed by atoms with van der Waals surface area (Å²) in [6.07, 6.45) is 6.69. The lowest BCUT2D eigenvalue weighted by molar-refractivity contribution is -0.134. The molecule has 1 N–H and O–H groups in total. The average Bonchev–Trinajstić information content (AvgIpc) is 3.35. The van der Waals surface area contributed by atoms with Gasteiger partial charge in [-0.1, -0.05) is 19.0 Å². The molecule has 1 aromatic heterocycles. The molecule has 0 saturated carbocycles. The second kappa shape index (κ2) is 10.1. The zero-order valence-corrected chi connectivity index (χ0v) is 21.1. The Morgan fingerprint density at radius 2 is 1.91 bits per heavy atom. The summed E-state index contributed by atoms with van der Waals surface area (Å²) in [5.74, 6) is 0.619. The molecule has 188 valence electrons. The molecule has 4 rings (SSSR count). The van der Waals surface area contributed by atoms with Crippen LogP contribution in [0.25, 0.3) is 0 Å². The average molecular weight is 474 g/mol. The number of carbonyl (C=O) groups excluding carboxylic acids is 3. The number of likely N-dealkylation sites (tertiary alicyclic amines) is 1. The molecule has 2 saturated heterocycles. The smallest absolute Gasteiger partial charge is 0.325 e. The van der Waals surface area contributed by atoms with Gasteiger partial charge in [-0.05, 0) is 77.3 Å². The van der Waals surface area contributed by atoms with E-state index >= 15 is 0 Å². The highest BCUT2D eigenvalue weighted by Gasteiger charge is 2.55. The first-order valence-corrected chi connectivity index (χ1v) is 12.8. The normalized spacial score (nSPS) is 23.7. The molecule has 34 heavy (non-hydrogen) atoms. The molecule has 3 aliphatic rings. The van der Waals surface area contributed by atoms with Crippen molar-refractivity contribution in [3.05, 3.63) is 17.0 Å². The number of amides is 4. The lowest BCUT2D eigenvalue weighted by Crippen LogP contribution is -2.56. The van der Waals surface area contributed by atoms with Crippen LogP contribution in [0.15, 0.2) is 4.52 Å². The highest BCUT2D eigenvalue weighted by atomic mass is 16.5. The maximum Gasteiger partial charge on any atom is 0.325 e. The summed E-state index contributed by atoms with van der Waals surface area (Å²) in [6, 6.07) is -0.289. The number of carbonyl (C=O) groups is 3. The fraction of sp³-hybridized carbons (Fsp3) is 0.760. The summed E-state index contributed by atoms with van der Waals surface area (Å²) in [5, 5.41) is 7.25. The van der Waals surface area contributed by atoms with Gasteiger partial charge in [-0.2, -0.15) is 0 Å². The molecule has 0 aromatic carbocycles. The number of urea groups is 1. The van der Waals surface area contributed by atoms with Crippen molar-refractivity contribution in [2.24, 2.45) is 11.8 Å². The van der Waals surface area contributed by atoms with Gasteiger partial charge in [0.15, 0.2) is 0 Å². The predicted octanol–water partition coefficient (Wildman–Crippen LogP) is 2.69. The minimum absolute atomic E-state index is 0.000234. The minimum atomic E-state index is -0.881. The van der Waals surface area contributed by atoms with E-state index in [0.717, 1.165) is 43.4 Å². The molecule has 0 spiro atoms. The Hall–Kier alpha value is -2.42. The van der Waals surface area contributed by atoms with Gasteiger partial charge in [0.25, 0.3) is 11.8 Å². The van der Waals surface area contributed by atoms with Crippen molar-refractivity contribution in [2.75, 3.05) is 40.3 Å². The molecule has 9 nitrogen and oxygen atoms in total. The Labute approximate surface area is 202 Å². The van der Waals surface area contributed by atoms with Crippen LogP contribution in [0.5, 0.6) is 0 Å². The third-order valence-corrected chi connectivity index (χ3v) is 7.72. The highest BCUT2D eigenvalue weighted by Crippen LogP contribution is 2.38. The van der Waals surface area contributed by atoms with Crippen LogP contribution in [0.2, 0.25) is 0 Å². The van der Waals surface area contributed by atoms with Gasteiger partial charge >= 0.3 is 6.03 Å². The van der Waals surface area contributed by atoms with Crippen LogP contribution in [0.4, 0.5) is 4.79 Å². The van der Waals surface area contributed by atoms with E-state index in [4.69, 9.17) is 4.52 Å². The fourth-order valence-corrected chi connectivity index (χ4v) is 5.59. The number of likely N-dealkylation sites (N-methyl/N-ethyl adjacent to an activating group) is 1. The summed E-state index contributed by atoms with van der Waals surface area (Å²) >= 11 is 0. The van der Waals surface area contributed by atoms with Crippen LogP contribution in [0.1, 0.15) is 74.2 Å². The molecule has 0 radical (unpaired) electrons. The van der Waals surface area contributed by atoms with Crippen LogP contribution in [-0.4, -0.2) is 83.5 Å². The molecular weight excluding hydrogens is 434 g/mol. The van der Waals surface area contributed by atoms with Crippen molar-refractivity contribution >= 4 is 17.8 Å². The van der Waals surface area contributed by atoms with E-state index in [1.165, 1.54) is 4.90 Å². The lowest BCUT2D eigenvalue weighted by Gasteiger charge is -2.41. The molecule has 4 amide bonds. The van der Waals surface area contributed by atoms with Crippen molar-refractivity contribution in [1.82, 2.24) is 25.2 Å². The highest BCUT2D eigenvalue weighted by molar-refractivity contribution is 6.07. The zero-order chi connectivity index (χ0) is 24.5. The standard InChI is InChI=1S/C25H39N5O4/c1-17(2)9-12-25(23(32)30(24(33)26-25)16-15-28(3)4)18-10-13-29(14-11-18)22(31)21-19-7-5-6-8-20(19)27-34-21/h17-18H,5-16H2,1-4H3,(H,26,33). The molecule has 1 unspecified atom stereocenters. The zero-order valence-electron chi connectivity index (χ0n) is 21.1. The number of hydrogen-bond acceptors (Lipinski definition) is 6. The van der Waals surface area contributed by atoms with Gasteiger partial charge in [0.2, 0.25) is 5.76 Å². The van der Waals surface area contributed by atoms with Crippen molar-refractivity contribution < 1.29 is 18.9 Å². The Bertz CT molecular complexity index is 918. The maximum atomic E-state index is 13.6. The largest absolute Gasteiger partial charge is 0.350 e. The van der Waals surface area contributed by atoms with Crippen molar-refractivity contribution in [3.63, 3.8) is 0 Å². The van der Waals surface area contributed by atoms with Crippen molar-refractivity contribution in [3.8, 4) is 0 Å². The molecule has 0 bridgehead atoms. The van der Waals surface area contributed by atoms with E-state index in [-0.39, 0.29) is 23.8 Å². The van der Waals surface area contributed by atoms with E-state index in [0.29, 0.717) is 57.1 Å². The molecule has 9 heteroatoms. The molecule has 2 aliphatic heterocycles. The molecule has 1 aliphatic carbocycles. The number of piperidine rings is 1. The summed E-state index contributed by atoms with van der Waals surface area (Å²) in [6.45, 7) is 6.38. The number of nitrogens with zero attached hydrogens (tertiary/aromatic N) is 4. The third-order valence-electron chi connectivity index (χ3n) is 7.72. The molecular formula is C25H39N5O4. The summed E-state index contributed by atoms with van der Waals surface area (Å²) < 4.78 is 5.47. The van der Waals surface area contributed by atoms with E-state index in [1.54, 1.807) is 0 Å². The van der Waals surface area contributed by atoms with Gasteiger partial charge < -0.3 is 19.6 Å².